The number of phenols is 1. The van der Waals surface area contributed by atoms with E-state index in [0.29, 0.717) is 29.2 Å². The first kappa shape index (κ1) is 19.7. The van der Waals surface area contributed by atoms with Crippen LogP contribution in [0, 0.1) is 25.7 Å². The minimum Gasteiger partial charge on any atom is -0.508 e. The summed E-state index contributed by atoms with van der Waals surface area (Å²) in [6, 6.07) is 3.37. The van der Waals surface area contributed by atoms with Crippen molar-refractivity contribution in [3.63, 3.8) is 0 Å². The van der Waals surface area contributed by atoms with Crippen molar-refractivity contribution >= 4 is 22.9 Å². The number of nitrogen functional groups attached to an aromatic ring is 1. The molecule has 5 N–H and O–H groups in total. The summed E-state index contributed by atoms with van der Waals surface area (Å²) in [5, 5.41) is 10.2. The largest absolute Gasteiger partial charge is 0.508 e. The molecule has 0 radical (unpaired) electrons. The Morgan fingerprint density at radius 2 is 2.13 bits per heavy atom. The molecule has 1 atom stereocenters. The molecule has 1 amide bonds. The molecule has 3 aromatic rings. The number of nitrogens with two attached hydrogens (primary N) is 2. The fourth-order valence-corrected chi connectivity index (χ4v) is 3.83. The smallest absolute Gasteiger partial charge is 0.254 e. The van der Waals surface area contributed by atoms with Crippen LogP contribution in [0.3, 0.4) is 0 Å². The van der Waals surface area contributed by atoms with Crippen molar-refractivity contribution in [3.05, 3.63) is 40.7 Å². The molecule has 4 rings (SSSR count). The van der Waals surface area contributed by atoms with Gasteiger partial charge in [-0.1, -0.05) is 12.0 Å². The summed E-state index contributed by atoms with van der Waals surface area (Å²) in [6.07, 6.45) is 3.31. The first-order valence-corrected chi connectivity index (χ1v) is 9.65. The van der Waals surface area contributed by atoms with E-state index < -0.39 is 11.5 Å². The molecule has 0 unspecified atom stereocenters. The van der Waals surface area contributed by atoms with Gasteiger partial charge in [0.05, 0.1) is 11.9 Å². The third kappa shape index (κ3) is 3.13. The zero-order valence-corrected chi connectivity index (χ0v) is 17.1. The van der Waals surface area contributed by atoms with Gasteiger partial charge < -0.3 is 21.3 Å². The summed E-state index contributed by atoms with van der Waals surface area (Å²) in [4.78, 5) is 21.1. The van der Waals surface area contributed by atoms with E-state index in [-0.39, 0.29) is 22.6 Å². The molecule has 0 bridgehead atoms. The average Bonchev–Trinajstić information content (AvgIpc) is 3.25. The minimum absolute atomic E-state index is 0.0882. The number of carbonyl (C=O) groups excluding carboxylic acids is 1. The van der Waals surface area contributed by atoms with Crippen molar-refractivity contribution in [1.82, 2.24) is 14.5 Å². The summed E-state index contributed by atoms with van der Waals surface area (Å²) in [5.41, 5.74) is 14.6. The molecule has 0 aliphatic carbocycles. The normalized spacial score (nSPS) is 18.4. The maximum Gasteiger partial charge on any atom is 0.254 e. The van der Waals surface area contributed by atoms with Crippen LogP contribution in [0.1, 0.15) is 46.9 Å². The molecular formula is C22H23N5O3. The van der Waals surface area contributed by atoms with Crippen LogP contribution >= 0.6 is 0 Å². The highest BCUT2D eigenvalue weighted by Gasteiger charge is 2.28. The van der Waals surface area contributed by atoms with Gasteiger partial charge in [0.1, 0.15) is 33.9 Å². The number of hydrogen-bond donors (Lipinski definition) is 3. The highest BCUT2D eigenvalue weighted by molar-refractivity contribution is 6.09. The lowest BCUT2D eigenvalue weighted by Gasteiger charge is -2.15. The van der Waals surface area contributed by atoms with Gasteiger partial charge in [-0.05, 0) is 51.2 Å². The van der Waals surface area contributed by atoms with Gasteiger partial charge in [-0.15, -0.1) is 0 Å². The topological polar surface area (TPSA) is 129 Å². The van der Waals surface area contributed by atoms with E-state index in [9.17, 15) is 9.90 Å². The van der Waals surface area contributed by atoms with Gasteiger partial charge in [0.25, 0.3) is 5.91 Å². The van der Waals surface area contributed by atoms with Crippen molar-refractivity contribution in [2.75, 3.05) is 12.3 Å². The Morgan fingerprint density at radius 3 is 2.80 bits per heavy atom. The van der Waals surface area contributed by atoms with E-state index in [0.717, 1.165) is 18.4 Å². The number of phenolic OH excluding ortho intramolecular Hbond substituents is 1. The van der Waals surface area contributed by atoms with Crippen LogP contribution in [-0.2, 0) is 4.74 Å². The zero-order valence-electron chi connectivity index (χ0n) is 17.1. The van der Waals surface area contributed by atoms with Gasteiger partial charge in [-0.2, -0.15) is 0 Å². The maximum absolute atomic E-state index is 12.1. The van der Waals surface area contributed by atoms with E-state index in [1.54, 1.807) is 23.6 Å². The van der Waals surface area contributed by atoms with E-state index in [1.165, 1.54) is 6.20 Å². The van der Waals surface area contributed by atoms with Crippen LogP contribution in [0.25, 0.3) is 16.9 Å². The number of amides is 1. The highest BCUT2D eigenvalue weighted by atomic mass is 16.5. The number of anilines is 1. The van der Waals surface area contributed by atoms with Crippen LogP contribution in [0.4, 0.5) is 5.82 Å². The van der Waals surface area contributed by atoms with Gasteiger partial charge in [-0.25, -0.2) is 9.97 Å². The highest BCUT2D eigenvalue weighted by Crippen LogP contribution is 2.34. The van der Waals surface area contributed by atoms with Crippen LogP contribution < -0.4 is 11.5 Å². The lowest BCUT2D eigenvalue weighted by Crippen LogP contribution is -2.19. The average molecular weight is 405 g/mol. The Hall–Kier alpha value is -3.57. The molecule has 8 heteroatoms. The van der Waals surface area contributed by atoms with Crippen molar-refractivity contribution in [1.29, 1.82) is 0 Å². The van der Waals surface area contributed by atoms with E-state index in [4.69, 9.17) is 16.2 Å². The van der Waals surface area contributed by atoms with Crippen molar-refractivity contribution in [3.8, 4) is 23.3 Å². The van der Waals surface area contributed by atoms with Gasteiger partial charge in [-0.3, -0.25) is 9.36 Å². The Morgan fingerprint density at radius 1 is 1.37 bits per heavy atom. The molecule has 8 nitrogen and oxygen atoms in total. The number of aryl methyl sites for hydroxylation is 1. The van der Waals surface area contributed by atoms with Gasteiger partial charge in [0, 0.05) is 12.2 Å². The summed E-state index contributed by atoms with van der Waals surface area (Å²) in [6.45, 7) is 6.28. The molecule has 1 saturated heterocycles. The van der Waals surface area contributed by atoms with Crippen molar-refractivity contribution in [2.24, 2.45) is 5.73 Å². The molecule has 2 aromatic heterocycles. The molecule has 3 heterocycles. The number of carbonyl (C=O) groups is 1. The third-order valence-corrected chi connectivity index (χ3v) is 5.45. The van der Waals surface area contributed by atoms with Gasteiger partial charge in [0.15, 0.2) is 5.65 Å². The number of rotatable bonds is 2. The second-order valence-electron chi connectivity index (χ2n) is 7.70. The SMILES string of the molecule is Cc1ccc(O)c(C)c1-n1c(N)c(C(N)=O)c2ncc(C#C[C@]3(C)CCCO3)nc21. The van der Waals surface area contributed by atoms with E-state index in [1.807, 2.05) is 13.8 Å². The Balaban J connectivity index is 1.98. The second-order valence-corrected chi connectivity index (χ2v) is 7.70. The number of ether oxygens (including phenoxy) is 1. The maximum atomic E-state index is 12.1. The van der Waals surface area contributed by atoms with Gasteiger partial charge >= 0.3 is 0 Å². The number of aromatic hydroxyl groups is 1. The predicted molar refractivity (Wildman–Crippen MR) is 113 cm³/mol. The zero-order chi connectivity index (χ0) is 21.6. The van der Waals surface area contributed by atoms with Crippen molar-refractivity contribution < 1.29 is 14.6 Å². The van der Waals surface area contributed by atoms with Crippen LogP contribution in [0.15, 0.2) is 18.3 Å². The minimum atomic E-state index is -0.702. The van der Waals surface area contributed by atoms with Crippen LogP contribution in [0.2, 0.25) is 0 Å². The third-order valence-electron chi connectivity index (χ3n) is 5.45. The summed E-state index contributed by atoms with van der Waals surface area (Å²) in [7, 11) is 0. The summed E-state index contributed by atoms with van der Waals surface area (Å²) >= 11 is 0. The summed E-state index contributed by atoms with van der Waals surface area (Å²) in [5.74, 6) is 5.67. The number of aromatic nitrogens is 3. The van der Waals surface area contributed by atoms with Crippen LogP contribution in [0.5, 0.6) is 5.75 Å². The molecule has 0 saturated carbocycles. The molecule has 0 spiro atoms. The first-order valence-electron chi connectivity index (χ1n) is 9.65. The lowest BCUT2D eigenvalue weighted by molar-refractivity contribution is 0.0695. The van der Waals surface area contributed by atoms with E-state index in [2.05, 4.69) is 21.8 Å². The van der Waals surface area contributed by atoms with Crippen molar-refractivity contribution in [2.45, 2.75) is 39.2 Å². The van der Waals surface area contributed by atoms with Crippen LogP contribution in [-0.4, -0.2) is 37.8 Å². The standard InChI is InChI=1S/C22H23N5O3/c1-12-5-6-15(28)13(2)18(12)27-19(23)16(20(24)29)17-21(27)26-14(11-25-17)7-9-22(3)8-4-10-30-22/h5-6,11,28H,4,8,10,23H2,1-3H3,(H2,24,29)/t22-/m0/s1. The quantitative estimate of drug-likeness (QED) is 0.561. The number of fused-ring (bicyclic) bond motifs is 1. The van der Waals surface area contributed by atoms with E-state index >= 15 is 0 Å². The molecule has 1 aromatic carbocycles. The first-order chi connectivity index (χ1) is 14.2. The second kappa shape index (κ2) is 7.04. The molecule has 30 heavy (non-hydrogen) atoms. The number of nitrogens with zero attached hydrogens (tertiary/aromatic N) is 3. The Labute approximate surface area is 173 Å². The Kier molecular flexibility index (Phi) is 4.63. The number of hydrogen-bond acceptors (Lipinski definition) is 6. The number of benzene rings is 1. The monoisotopic (exact) mass is 405 g/mol. The summed E-state index contributed by atoms with van der Waals surface area (Å²) < 4.78 is 7.31. The number of primary amides is 1. The fourth-order valence-electron chi connectivity index (χ4n) is 3.83. The fraction of sp³-hybridized carbons (Fsp3) is 0.318. The predicted octanol–water partition coefficient (Wildman–Crippen LogP) is 2.34. The molecule has 1 aliphatic heterocycles. The molecular weight excluding hydrogens is 382 g/mol. The Bertz CT molecular complexity index is 1240. The van der Waals surface area contributed by atoms with Gasteiger partial charge in [0.2, 0.25) is 0 Å². The lowest BCUT2D eigenvalue weighted by atomic mass is 10.0. The molecule has 1 fully saturated rings. The molecule has 154 valence electrons. The molecule has 1 aliphatic rings.